The van der Waals surface area contributed by atoms with Gasteiger partial charge in [-0.25, -0.2) is 0 Å². The lowest BCUT2D eigenvalue weighted by Crippen LogP contribution is -2.42. The Bertz CT molecular complexity index is 497. The summed E-state index contributed by atoms with van der Waals surface area (Å²) < 4.78 is 5.66. The second-order valence-corrected chi connectivity index (χ2v) is 6.39. The second kappa shape index (κ2) is 6.99. The molecular weight excluding hydrogens is 276 g/mol. The van der Waals surface area contributed by atoms with E-state index >= 15 is 0 Å². The van der Waals surface area contributed by atoms with Crippen LogP contribution in [-0.4, -0.2) is 49.1 Å². The highest BCUT2D eigenvalue weighted by Crippen LogP contribution is 2.45. The Morgan fingerprint density at radius 1 is 1.41 bits per heavy atom. The Morgan fingerprint density at radius 3 is 3.00 bits per heavy atom. The van der Waals surface area contributed by atoms with Crippen molar-refractivity contribution in [3.63, 3.8) is 0 Å². The fraction of sp³-hybridized carbons (Fsp3) is 0.647. The van der Waals surface area contributed by atoms with Gasteiger partial charge >= 0.3 is 0 Å². The summed E-state index contributed by atoms with van der Waals surface area (Å²) in [6.07, 6.45) is 10.4. The molecule has 2 aliphatic rings. The monoisotopic (exact) mass is 302 g/mol. The van der Waals surface area contributed by atoms with Gasteiger partial charge in [0.25, 0.3) is 0 Å². The topological polar surface area (TPSA) is 49.8 Å². The number of nitrogens with zero attached hydrogens (tertiary/aromatic N) is 3. The summed E-state index contributed by atoms with van der Waals surface area (Å²) in [5.74, 6) is 1.82. The van der Waals surface area contributed by atoms with Gasteiger partial charge in [-0.1, -0.05) is 12.8 Å². The first kappa shape index (κ1) is 15.1. The Kier molecular flexibility index (Phi) is 4.80. The van der Waals surface area contributed by atoms with E-state index in [0.717, 1.165) is 31.3 Å². The number of likely N-dealkylation sites (tertiary alicyclic amines) is 1. The number of hydrogen-bond donors (Lipinski definition) is 1. The molecule has 0 radical (unpaired) electrons. The van der Waals surface area contributed by atoms with Gasteiger partial charge in [-0.3, -0.25) is 9.98 Å². The molecule has 1 aromatic heterocycles. The standard InChI is InChI=1S/C17H26N4O/c1-18-16(20-10-12-22-15-5-4-9-19-13-15)21-11-8-17(14-21)6-2-3-7-17/h4-5,9,13H,2-3,6-8,10-12,14H2,1H3,(H,18,20). The highest BCUT2D eigenvalue weighted by molar-refractivity contribution is 5.80. The van der Waals surface area contributed by atoms with E-state index in [0.29, 0.717) is 12.0 Å². The Labute approximate surface area is 132 Å². The number of rotatable bonds is 4. The lowest BCUT2D eigenvalue weighted by Gasteiger charge is -2.25. The first-order valence-corrected chi connectivity index (χ1v) is 8.30. The van der Waals surface area contributed by atoms with E-state index < -0.39 is 0 Å². The molecule has 0 unspecified atom stereocenters. The van der Waals surface area contributed by atoms with Crippen LogP contribution in [0.4, 0.5) is 0 Å². The van der Waals surface area contributed by atoms with Crippen LogP contribution < -0.4 is 10.1 Å². The zero-order chi connectivity index (χ0) is 15.3. The summed E-state index contributed by atoms with van der Waals surface area (Å²) in [7, 11) is 1.87. The van der Waals surface area contributed by atoms with Crippen molar-refractivity contribution in [3.8, 4) is 5.75 Å². The average Bonchev–Trinajstić information content (AvgIpc) is 3.19. The normalized spacial score (nSPS) is 20.6. The van der Waals surface area contributed by atoms with Gasteiger partial charge in [-0.05, 0) is 36.8 Å². The van der Waals surface area contributed by atoms with Crippen LogP contribution in [0.1, 0.15) is 32.1 Å². The summed E-state index contributed by atoms with van der Waals surface area (Å²) in [6, 6.07) is 3.80. The number of nitrogens with one attached hydrogen (secondary N) is 1. The molecule has 22 heavy (non-hydrogen) atoms. The molecule has 120 valence electrons. The zero-order valence-electron chi connectivity index (χ0n) is 13.4. The van der Waals surface area contributed by atoms with Crippen molar-refractivity contribution in [1.29, 1.82) is 0 Å². The van der Waals surface area contributed by atoms with Crippen molar-refractivity contribution in [2.24, 2.45) is 10.4 Å². The SMILES string of the molecule is CN=C(NCCOc1cccnc1)N1CCC2(CCCC2)C1. The van der Waals surface area contributed by atoms with Crippen molar-refractivity contribution in [3.05, 3.63) is 24.5 Å². The van der Waals surface area contributed by atoms with E-state index in [1.54, 1.807) is 12.4 Å². The summed E-state index contributed by atoms with van der Waals surface area (Å²) >= 11 is 0. The minimum atomic E-state index is 0.573. The van der Waals surface area contributed by atoms with Crippen LogP contribution >= 0.6 is 0 Å². The highest BCUT2D eigenvalue weighted by Gasteiger charge is 2.40. The first-order valence-electron chi connectivity index (χ1n) is 8.30. The Balaban J connectivity index is 1.43. The van der Waals surface area contributed by atoms with Crippen LogP contribution in [0.3, 0.4) is 0 Å². The van der Waals surface area contributed by atoms with Gasteiger partial charge in [0.1, 0.15) is 12.4 Å². The van der Waals surface area contributed by atoms with Gasteiger partial charge in [0, 0.05) is 26.3 Å². The van der Waals surface area contributed by atoms with Gasteiger partial charge < -0.3 is 15.0 Å². The van der Waals surface area contributed by atoms with Crippen LogP contribution in [0.5, 0.6) is 5.75 Å². The van der Waals surface area contributed by atoms with Crippen LogP contribution in [-0.2, 0) is 0 Å². The maximum Gasteiger partial charge on any atom is 0.193 e. The minimum absolute atomic E-state index is 0.573. The van der Waals surface area contributed by atoms with Crippen LogP contribution in [0.25, 0.3) is 0 Å². The minimum Gasteiger partial charge on any atom is -0.490 e. The lowest BCUT2D eigenvalue weighted by molar-refractivity contribution is 0.303. The molecule has 5 heteroatoms. The summed E-state index contributed by atoms with van der Waals surface area (Å²) in [5, 5.41) is 3.42. The van der Waals surface area contributed by atoms with E-state index in [-0.39, 0.29) is 0 Å². The van der Waals surface area contributed by atoms with E-state index in [1.807, 2.05) is 19.2 Å². The molecule has 1 aliphatic carbocycles. The summed E-state index contributed by atoms with van der Waals surface area (Å²) in [5.41, 5.74) is 0.573. The molecule has 1 saturated heterocycles. The molecule has 1 N–H and O–H groups in total. The molecule has 0 atom stereocenters. The van der Waals surface area contributed by atoms with Crippen molar-refractivity contribution >= 4 is 5.96 Å². The Morgan fingerprint density at radius 2 is 2.27 bits per heavy atom. The predicted molar refractivity (Wildman–Crippen MR) is 88.2 cm³/mol. The molecule has 1 spiro atoms. The van der Waals surface area contributed by atoms with E-state index in [9.17, 15) is 0 Å². The number of guanidine groups is 1. The molecule has 1 aliphatic heterocycles. The molecule has 1 aromatic rings. The molecule has 2 fully saturated rings. The molecular formula is C17H26N4O. The molecule has 0 aromatic carbocycles. The van der Waals surface area contributed by atoms with Crippen molar-refractivity contribution < 1.29 is 4.74 Å². The Hall–Kier alpha value is -1.78. The number of aliphatic imine (C=N–C) groups is 1. The number of aromatic nitrogens is 1. The molecule has 0 amide bonds. The number of ether oxygens (including phenoxy) is 1. The first-order chi connectivity index (χ1) is 10.8. The maximum absolute atomic E-state index is 5.66. The highest BCUT2D eigenvalue weighted by atomic mass is 16.5. The lowest BCUT2D eigenvalue weighted by atomic mass is 9.86. The van der Waals surface area contributed by atoms with Crippen molar-refractivity contribution in [2.45, 2.75) is 32.1 Å². The molecule has 5 nitrogen and oxygen atoms in total. The van der Waals surface area contributed by atoms with Crippen molar-refractivity contribution in [1.82, 2.24) is 15.2 Å². The van der Waals surface area contributed by atoms with Crippen LogP contribution in [0, 0.1) is 5.41 Å². The third-order valence-corrected chi connectivity index (χ3v) is 4.90. The smallest absolute Gasteiger partial charge is 0.193 e. The number of pyridine rings is 1. The van der Waals surface area contributed by atoms with E-state index in [1.165, 1.54) is 32.1 Å². The molecule has 2 heterocycles. The van der Waals surface area contributed by atoms with Gasteiger partial charge in [0.15, 0.2) is 5.96 Å². The third kappa shape index (κ3) is 3.51. The summed E-state index contributed by atoms with van der Waals surface area (Å²) in [4.78, 5) is 10.9. The fourth-order valence-corrected chi connectivity index (χ4v) is 3.75. The van der Waals surface area contributed by atoms with Crippen LogP contribution in [0.15, 0.2) is 29.5 Å². The molecule has 0 bridgehead atoms. The van der Waals surface area contributed by atoms with Gasteiger partial charge in [-0.15, -0.1) is 0 Å². The molecule has 1 saturated carbocycles. The van der Waals surface area contributed by atoms with Crippen molar-refractivity contribution in [2.75, 3.05) is 33.3 Å². The number of hydrogen-bond acceptors (Lipinski definition) is 3. The maximum atomic E-state index is 5.66. The zero-order valence-corrected chi connectivity index (χ0v) is 13.4. The van der Waals surface area contributed by atoms with Gasteiger partial charge in [0.05, 0.1) is 12.7 Å². The quantitative estimate of drug-likeness (QED) is 0.527. The van der Waals surface area contributed by atoms with E-state index in [2.05, 4.69) is 20.2 Å². The van der Waals surface area contributed by atoms with Crippen LogP contribution in [0.2, 0.25) is 0 Å². The third-order valence-electron chi connectivity index (χ3n) is 4.90. The molecule has 3 rings (SSSR count). The largest absolute Gasteiger partial charge is 0.490 e. The average molecular weight is 302 g/mol. The van der Waals surface area contributed by atoms with E-state index in [4.69, 9.17) is 4.74 Å². The van der Waals surface area contributed by atoms with Gasteiger partial charge in [0.2, 0.25) is 0 Å². The second-order valence-electron chi connectivity index (χ2n) is 6.39. The fourth-order valence-electron chi connectivity index (χ4n) is 3.75. The summed E-state index contributed by atoms with van der Waals surface area (Å²) in [6.45, 7) is 3.66. The predicted octanol–water partition coefficient (Wildman–Crippen LogP) is 2.30. The van der Waals surface area contributed by atoms with Gasteiger partial charge in [-0.2, -0.15) is 0 Å².